The molecule has 0 saturated carbocycles. The molecule has 0 aromatic heterocycles. The Labute approximate surface area is 185 Å². The standard InChI is InChI=1S/C23H23BrN2O3S/c1-30(28,29)26(21-9-3-2-8-19(21)24)15-5-10-22(27)25-20-14-13-17-12-11-16-6-4-7-18(20)23(16)17/h2-4,6-9,13-14H,5,10-12,15H2,1H3,(H,25,27). The quantitative estimate of drug-likeness (QED) is 0.517. The zero-order valence-corrected chi connectivity index (χ0v) is 19.1. The van der Waals surface area contributed by atoms with Crippen LogP contribution in [0.5, 0.6) is 0 Å². The molecule has 7 heteroatoms. The van der Waals surface area contributed by atoms with Crippen LogP contribution in [0.15, 0.2) is 59.1 Å². The molecule has 4 rings (SSSR count). The van der Waals surface area contributed by atoms with E-state index >= 15 is 0 Å². The van der Waals surface area contributed by atoms with Crippen molar-refractivity contribution in [2.75, 3.05) is 22.4 Å². The van der Waals surface area contributed by atoms with E-state index in [-0.39, 0.29) is 18.9 Å². The van der Waals surface area contributed by atoms with Crippen molar-refractivity contribution in [3.8, 4) is 0 Å². The number of halogens is 1. The van der Waals surface area contributed by atoms with Crippen molar-refractivity contribution >= 4 is 54.0 Å². The van der Waals surface area contributed by atoms with Gasteiger partial charge in [0.1, 0.15) is 0 Å². The maximum absolute atomic E-state index is 12.6. The Morgan fingerprint density at radius 3 is 2.50 bits per heavy atom. The summed E-state index contributed by atoms with van der Waals surface area (Å²) in [6.07, 6.45) is 3.92. The van der Waals surface area contributed by atoms with Gasteiger partial charge in [0.05, 0.1) is 11.9 Å². The summed E-state index contributed by atoms with van der Waals surface area (Å²) in [4.78, 5) is 12.6. The average molecular weight is 487 g/mol. The van der Waals surface area contributed by atoms with Gasteiger partial charge in [-0.1, -0.05) is 36.4 Å². The Morgan fingerprint density at radius 1 is 1.03 bits per heavy atom. The molecular weight excluding hydrogens is 464 g/mol. The number of carbonyl (C=O) groups is 1. The fraction of sp³-hybridized carbons (Fsp3) is 0.261. The van der Waals surface area contributed by atoms with E-state index in [1.165, 1.54) is 27.1 Å². The highest BCUT2D eigenvalue weighted by Gasteiger charge is 2.20. The van der Waals surface area contributed by atoms with Crippen molar-refractivity contribution in [2.24, 2.45) is 0 Å². The summed E-state index contributed by atoms with van der Waals surface area (Å²) in [5, 5.41) is 5.34. The minimum Gasteiger partial charge on any atom is -0.326 e. The molecule has 5 nitrogen and oxygen atoms in total. The van der Waals surface area contributed by atoms with Crippen LogP contribution in [-0.4, -0.2) is 27.1 Å². The molecule has 1 amide bonds. The predicted octanol–water partition coefficient (Wildman–Crippen LogP) is 4.89. The first-order valence-electron chi connectivity index (χ1n) is 9.90. The van der Waals surface area contributed by atoms with Crippen LogP contribution in [0.3, 0.4) is 0 Å². The number of hydrogen-bond acceptors (Lipinski definition) is 3. The van der Waals surface area contributed by atoms with Gasteiger partial charge in [-0.15, -0.1) is 0 Å². The van der Waals surface area contributed by atoms with E-state index in [1.807, 2.05) is 24.3 Å². The lowest BCUT2D eigenvalue weighted by molar-refractivity contribution is -0.116. The van der Waals surface area contributed by atoms with Crippen molar-refractivity contribution in [2.45, 2.75) is 25.7 Å². The van der Waals surface area contributed by atoms with Crippen LogP contribution >= 0.6 is 15.9 Å². The molecule has 30 heavy (non-hydrogen) atoms. The molecule has 1 aliphatic carbocycles. The normalized spacial score (nSPS) is 12.9. The molecule has 3 aromatic rings. The summed E-state index contributed by atoms with van der Waals surface area (Å²) in [6, 6.07) is 17.5. The summed E-state index contributed by atoms with van der Waals surface area (Å²) in [5.74, 6) is -0.116. The molecule has 0 bridgehead atoms. The lowest BCUT2D eigenvalue weighted by atomic mass is 10.0. The molecule has 156 valence electrons. The first-order chi connectivity index (χ1) is 14.3. The first-order valence-corrected chi connectivity index (χ1v) is 12.5. The van der Waals surface area contributed by atoms with Crippen LogP contribution in [0.25, 0.3) is 10.8 Å². The number of para-hydroxylation sites is 1. The Hall–Kier alpha value is -2.38. The second kappa shape index (κ2) is 8.40. The Balaban J connectivity index is 1.44. The summed E-state index contributed by atoms with van der Waals surface area (Å²) in [6.45, 7) is 0.235. The highest BCUT2D eigenvalue weighted by atomic mass is 79.9. The number of nitrogens with zero attached hydrogens (tertiary/aromatic N) is 1. The molecule has 3 aromatic carbocycles. The van der Waals surface area contributed by atoms with E-state index in [1.54, 1.807) is 18.2 Å². The molecule has 0 aliphatic heterocycles. The molecule has 0 unspecified atom stereocenters. The molecule has 0 fully saturated rings. The van der Waals surface area contributed by atoms with Gasteiger partial charge in [0, 0.05) is 28.5 Å². The Kier molecular flexibility index (Phi) is 5.84. The van der Waals surface area contributed by atoms with E-state index < -0.39 is 10.0 Å². The maximum Gasteiger partial charge on any atom is 0.232 e. The van der Waals surface area contributed by atoms with E-state index in [2.05, 4.69) is 33.4 Å². The highest BCUT2D eigenvalue weighted by Crippen LogP contribution is 2.35. The van der Waals surface area contributed by atoms with Gasteiger partial charge in [0.25, 0.3) is 0 Å². The Morgan fingerprint density at radius 2 is 1.77 bits per heavy atom. The lowest BCUT2D eigenvalue weighted by Crippen LogP contribution is -2.31. The van der Waals surface area contributed by atoms with Crippen LogP contribution < -0.4 is 9.62 Å². The number of benzene rings is 3. The summed E-state index contributed by atoms with van der Waals surface area (Å²) < 4.78 is 26.6. The number of anilines is 2. The van der Waals surface area contributed by atoms with Gasteiger partial charge in [-0.2, -0.15) is 0 Å². The van der Waals surface area contributed by atoms with Crippen LogP contribution in [-0.2, 0) is 27.7 Å². The highest BCUT2D eigenvalue weighted by molar-refractivity contribution is 9.10. The first kappa shape index (κ1) is 20.9. The monoisotopic (exact) mass is 486 g/mol. The maximum atomic E-state index is 12.6. The van der Waals surface area contributed by atoms with Gasteiger partial charge in [-0.05, 0) is 69.9 Å². The molecule has 0 heterocycles. The van der Waals surface area contributed by atoms with Gasteiger partial charge < -0.3 is 5.32 Å². The van der Waals surface area contributed by atoms with E-state index in [4.69, 9.17) is 0 Å². The SMILES string of the molecule is CS(=O)(=O)N(CCCC(=O)Nc1ccc2c3c(cccc13)CC2)c1ccccc1Br. The van der Waals surface area contributed by atoms with Crippen molar-refractivity contribution in [1.82, 2.24) is 0 Å². The second-order valence-corrected chi connectivity index (χ2v) is 10.3. The molecular formula is C23H23BrN2O3S. The number of hydrogen-bond donors (Lipinski definition) is 1. The minimum absolute atomic E-state index is 0.116. The Bertz CT molecular complexity index is 1210. The fourth-order valence-corrected chi connectivity index (χ4v) is 5.66. The van der Waals surface area contributed by atoms with Crippen LogP contribution in [0, 0.1) is 0 Å². The van der Waals surface area contributed by atoms with Crippen LogP contribution in [0.2, 0.25) is 0 Å². The predicted molar refractivity (Wildman–Crippen MR) is 126 cm³/mol. The average Bonchev–Trinajstić information content (AvgIpc) is 3.12. The van der Waals surface area contributed by atoms with Gasteiger partial charge in [0.2, 0.25) is 15.9 Å². The van der Waals surface area contributed by atoms with Crippen molar-refractivity contribution in [3.05, 3.63) is 70.2 Å². The largest absolute Gasteiger partial charge is 0.326 e. The second-order valence-electron chi connectivity index (χ2n) is 7.55. The molecule has 1 N–H and O–H groups in total. The van der Waals surface area contributed by atoms with Crippen LogP contribution in [0.4, 0.5) is 11.4 Å². The lowest BCUT2D eigenvalue weighted by Gasteiger charge is -2.23. The molecule has 0 radical (unpaired) electrons. The molecule has 1 aliphatic rings. The van der Waals surface area contributed by atoms with Gasteiger partial charge in [0.15, 0.2) is 0 Å². The number of sulfonamides is 1. The number of rotatable bonds is 7. The van der Waals surface area contributed by atoms with Crippen molar-refractivity contribution in [3.63, 3.8) is 0 Å². The number of amides is 1. The number of carbonyl (C=O) groups excluding carboxylic acids is 1. The fourth-order valence-electron chi connectivity index (χ4n) is 4.07. The van der Waals surface area contributed by atoms with Gasteiger partial charge in [-0.25, -0.2) is 8.42 Å². The smallest absolute Gasteiger partial charge is 0.232 e. The summed E-state index contributed by atoms with van der Waals surface area (Å²) >= 11 is 3.41. The molecule has 0 atom stereocenters. The molecule has 0 saturated heterocycles. The number of nitrogens with one attached hydrogen (secondary N) is 1. The van der Waals surface area contributed by atoms with E-state index in [0.29, 0.717) is 16.6 Å². The van der Waals surface area contributed by atoms with E-state index in [0.717, 1.165) is 23.9 Å². The topological polar surface area (TPSA) is 66.5 Å². The van der Waals surface area contributed by atoms with E-state index in [9.17, 15) is 13.2 Å². The third-order valence-electron chi connectivity index (χ3n) is 5.44. The minimum atomic E-state index is -3.46. The van der Waals surface area contributed by atoms with Crippen molar-refractivity contribution < 1.29 is 13.2 Å². The zero-order valence-electron chi connectivity index (χ0n) is 16.7. The third-order valence-corrected chi connectivity index (χ3v) is 7.29. The summed E-state index contributed by atoms with van der Waals surface area (Å²) in [5.41, 5.74) is 4.05. The number of aryl methyl sites for hydroxylation is 2. The van der Waals surface area contributed by atoms with Crippen LogP contribution in [0.1, 0.15) is 24.0 Å². The zero-order chi connectivity index (χ0) is 21.3. The van der Waals surface area contributed by atoms with Crippen molar-refractivity contribution in [1.29, 1.82) is 0 Å². The molecule has 0 spiro atoms. The summed E-state index contributed by atoms with van der Waals surface area (Å²) in [7, 11) is -3.46. The van der Waals surface area contributed by atoms with Gasteiger partial charge >= 0.3 is 0 Å². The third kappa shape index (κ3) is 4.23. The van der Waals surface area contributed by atoms with Gasteiger partial charge in [-0.3, -0.25) is 9.10 Å².